The fourth-order valence-corrected chi connectivity index (χ4v) is 12.0. The summed E-state index contributed by atoms with van der Waals surface area (Å²) in [6.07, 6.45) is 6.58. The summed E-state index contributed by atoms with van der Waals surface area (Å²) in [5, 5.41) is 19.9. The van der Waals surface area contributed by atoms with E-state index in [1.165, 1.54) is 32.9 Å². The van der Waals surface area contributed by atoms with E-state index in [0.29, 0.717) is 5.56 Å². The van der Waals surface area contributed by atoms with Crippen LogP contribution in [-0.4, -0.2) is 23.3 Å². The lowest BCUT2D eigenvalue weighted by Crippen LogP contribution is -2.06. The van der Waals surface area contributed by atoms with E-state index >= 15 is 0 Å². The van der Waals surface area contributed by atoms with Crippen molar-refractivity contribution in [3.63, 3.8) is 0 Å². The summed E-state index contributed by atoms with van der Waals surface area (Å²) < 4.78 is 9.44. The van der Waals surface area contributed by atoms with Crippen LogP contribution in [0.2, 0.25) is 0 Å². The number of pyridine rings is 1. The highest BCUT2D eigenvalue weighted by Crippen LogP contribution is 2.43. The summed E-state index contributed by atoms with van der Waals surface area (Å²) >= 11 is 0. The van der Waals surface area contributed by atoms with Gasteiger partial charge in [-0.2, -0.15) is 5.26 Å². The van der Waals surface area contributed by atoms with Crippen molar-refractivity contribution in [2.45, 2.75) is 12.8 Å². The normalized spacial score (nSPS) is 12.5. The van der Waals surface area contributed by atoms with Crippen molar-refractivity contribution < 1.29 is 0 Å². The molecular formula is C66H42N6. The third-order valence-electron chi connectivity index (χ3n) is 15.1. The van der Waals surface area contributed by atoms with E-state index in [4.69, 9.17) is 4.98 Å². The number of hydrogen-bond acceptors (Lipinski definition) is 2. The van der Waals surface area contributed by atoms with Crippen LogP contribution in [0, 0.1) is 11.3 Å². The van der Waals surface area contributed by atoms with Crippen molar-refractivity contribution in [1.29, 1.82) is 5.26 Å². The molecule has 9 aromatic carbocycles. The Morgan fingerprint density at radius 2 is 0.819 bits per heavy atom. The van der Waals surface area contributed by atoms with Crippen molar-refractivity contribution in [2.24, 2.45) is 0 Å². The Bertz CT molecular complexity index is 4590. The highest BCUT2D eigenvalue weighted by Gasteiger charge is 2.25. The van der Waals surface area contributed by atoms with Crippen LogP contribution in [0.5, 0.6) is 0 Å². The number of aromatic nitrogens is 5. The molecule has 5 aromatic heterocycles. The molecule has 1 aliphatic rings. The lowest BCUT2D eigenvalue weighted by molar-refractivity contribution is 0.889. The largest absolute Gasteiger partial charge is 0.313 e. The number of para-hydroxylation sites is 5. The van der Waals surface area contributed by atoms with E-state index in [2.05, 4.69) is 249 Å². The molecule has 15 rings (SSSR count). The van der Waals surface area contributed by atoms with Crippen LogP contribution in [0.4, 0.5) is 0 Å². The molecule has 5 heterocycles. The number of nitriles is 1. The minimum atomic E-state index is 0.566. The molecule has 0 N–H and O–H groups in total. The summed E-state index contributed by atoms with van der Waals surface area (Å²) in [4.78, 5) is 5.34. The molecule has 0 spiro atoms. The molecule has 6 heteroatoms. The molecule has 0 saturated heterocycles. The quantitative estimate of drug-likeness (QED) is 0.167. The molecule has 14 aromatic rings. The van der Waals surface area contributed by atoms with Gasteiger partial charge in [0.05, 0.1) is 61.4 Å². The molecule has 6 nitrogen and oxygen atoms in total. The van der Waals surface area contributed by atoms with E-state index in [1.807, 2.05) is 6.07 Å². The number of fused-ring (bicyclic) bond motifs is 12. The highest BCUT2D eigenvalue weighted by molar-refractivity contribution is 6.13. The van der Waals surface area contributed by atoms with Gasteiger partial charge in [0.2, 0.25) is 0 Å². The van der Waals surface area contributed by atoms with Crippen LogP contribution in [0.25, 0.3) is 128 Å². The van der Waals surface area contributed by atoms with Gasteiger partial charge in [-0.3, -0.25) is 0 Å². The van der Waals surface area contributed by atoms with Gasteiger partial charge in [0.15, 0.2) is 0 Å². The van der Waals surface area contributed by atoms with E-state index in [-0.39, 0.29) is 0 Å². The van der Waals surface area contributed by atoms with Crippen LogP contribution in [0.15, 0.2) is 224 Å². The molecule has 1 aliphatic carbocycles. The zero-order valence-corrected chi connectivity index (χ0v) is 39.0. The average Bonchev–Trinajstić information content (AvgIpc) is 4.17. The lowest BCUT2D eigenvalue weighted by atomic mass is 10.0. The van der Waals surface area contributed by atoms with Crippen LogP contribution < -0.4 is 0 Å². The zero-order chi connectivity index (χ0) is 47.4. The average molecular weight is 919 g/mol. The molecule has 336 valence electrons. The second kappa shape index (κ2) is 15.7. The minimum Gasteiger partial charge on any atom is -0.313 e. The van der Waals surface area contributed by atoms with Crippen LogP contribution in [0.1, 0.15) is 23.2 Å². The van der Waals surface area contributed by atoms with Gasteiger partial charge >= 0.3 is 0 Å². The monoisotopic (exact) mass is 918 g/mol. The summed E-state index contributed by atoms with van der Waals surface area (Å²) in [6.45, 7) is 0. The van der Waals surface area contributed by atoms with Crippen LogP contribution in [0.3, 0.4) is 0 Å². The van der Waals surface area contributed by atoms with Gasteiger partial charge < -0.3 is 18.3 Å². The molecule has 0 saturated carbocycles. The van der Waals surface area contributed by atoms with Crippen LogP contribution >= 0.6 is 0 Å². The van der Waals surface area contributed by atoms with E-state index in [1.54, 1.807) is 0 Å². The van der Waals surface area contributed by atoms with Gasteiger partial charge in [0, 0.05) is 71.5 Å². The SMILES string of the molecule is N#Cc1c(-n2c3ccccc3c3cc(-n4c5c(c6ccccc64)C=CCC5)ccc32)cc(-c2cccc(-c3ccccc3)n2)cc1-n1c2ccccc2c2cc(-n3c4ccccc4c4ccccc43)ccc21. The Labute approximate surface area is 414 Å². The summed E-state index contributed by atoms with van der Waals surface area (Å²) in [5.74, 6) is 0. The second-order valence-corrected chi connectivity index (χ2v) is 18.9. The number of benzene rings is 9. The molecule has 0 amide bonds. The molecule has 0 bridgehead atoms. The van der Waals surface area contributed by atoms with E-state index in [0.717, 1.165) is 113 Å². The maximum absolute atomic E-state index is 11.8. The maximum atomic E-state index is 11.8. The first-order chi connectivity index (χ1) is 35.7. The van der Waals surface area contributed by atoms with Crippen molar-refractivity contribution in [3.8, 4) is 51.3 Å². The molecular weight excluding hydrogens is 877 g/mol. The fourth-order valence-electron chi connectivity index (χ4n) is 12.0. The third-order valence-corrected chi connectivity index (χ3v) is 15.1. The molecule has 0 radical (unpaired) electrons. The van der Waals surface area contributed by atoms with Gasteiger partial charge in [0.1, 0.15) is 11.6 Å². The van der Waals surface area contributed by atoms with Crippen molar-refractivity contribution >= 4 is 82.4 Å². The molecule has 0 fully saturated rings. The summed E-state index contributed by atoms with van der Waals surface area (Å²) in [7, 11) is 0. The standard InChI is InChI=1S/C66H42N6/c67-41-54-65(71-61-31-14-8-23-50(61)52-39-44(33-35-63(52)71)69-57-27-10-4-19-46(57)47-20-5-11-28-58(47)69)37-43(56-26-16-25-55(68-56)42-17-2-1-3-18-42)38-66(54)72-62-32-15-9-24-51(62)53-40-45(34-36-64(53)72)70-59-29-12-6-21-48(59)49-22-7-13-30-60(49)70/h1-12,14-29,31-40H,13,30H2. The topological polar surface area (TPSA) is 56.4 Å². The van der Waals surface area contributed by atoms with Gasteiger partial charge in [0.25, 0.3) is 0 Å². The molecule has 0 aliphatic heterocycles. The van der Waals surface area contributed by atoms with Gasteiger partial charge in [-0.25, -0.2) is 4.98 Å². The first-order valence-corrected chi connectivity index (χ1v) is 24.7. The van der Waals surface area contributed by atoms with Crippen molar-refractivity contribution in [3.05, 3.63) is 241 Å². The van der Waals surface area contributed by atoms with Gasteiger partial charge in [-0.1, -0.05) is 140 Å². The smallest absolute Gasteiger partial charge is 0.104 e. The second-order valence-electron chi connectivity index (χ2n) is 18.9. The predicted molar refractivity (Wildman–Crippen MR) is 297 cm³/mol. The number of rotatable bonds is 6. The van der Waals surface area contributed by atoms with E-state index < -0.39 is 0 Å². The molecule has 72 heavy (non-hydrogen) atoms. The fraction of sp³-hybridized carbons (Fsp3) is 0.0303. The van der Waals surface area contributed by atoms with Gasteiger partial charge in [-0.15, -0.1) is 0 Å². The first-order valence-electron chi connectivity index (χ1n) is 24.7. The Balaban J connectivity index is 1.01. The number of nitrogens with zero attached hydrogens (tertiary/aromatic N) is 6. The highest BCUT2D eigenvalue weighted by atomic mass is 15.0. The summed E-state index contributed by atoms with van der Waals surface area (Å²) in [5.41, 5.74) is 18.2. The van der Waals surface area contributed by atoms with Crippen molar-refractivity contribution in [2.75, 3.05) is 0 Å². The Morgan fingerprint density at radius 3 is 1.38 bits per heavy atom. The Hall–Kier alpha value is -9.70. The minimum absolute atomic E-state index is 0.566. The Kier molecular flexibility index (Phi) is 8.75. The van der Waals surface area contributed by atoms with Crippen molar-refractivity contribution in [1.82, 2.24) is 23.3 Å². The predicted octanol–water partition coefficient (Wildman–Crippen LogP) is 16.5. The van der Waals surface area contributed by atoms with Crippen LogP contribution in [-0.2, 0) is 6.42 Å². The first kappa shape index (κ1) is 40.2. The Morgan fingerprint density at radius 1 is 0.375 bits per heavy atom. The van der Waals surface area contributed by atoms with E-state index in [9.17, 15) is 5.26 Å². The lowest BCUT2D eigenvalue weighted by Gasteiger charge is -2.19. The summed E-state index contributed by atoms with van der Waals surface area (Å²) in [6, 6.07) is 80.6. The zero-order valence-electron chi connectivity index (χ0n) is 39.0. The molecule has 0 unspecified atom stereocenters. The molecule has 0 atom stereocenters. The maximum Gasteiger partial charge on any atom is 0.104 e. The number of allylic oxidation sites excluding steroid dienone is 1. The number of hydrogen-bond donors (Lipinski definition) is 0. The third kappa shape index (κ3) is 5.86. The van der Waals surface area contributed by atoms with Gasteiger partial charge in [-0.05, 0) is 104 Å².